The number of ether oxygens (including phenoxy) is 1. The number of carbonyl (C=O) groups is 1. The summed E-state index contributed by atoms with van der Waals surface area (Å²) in [6.07, 6.45) is 0. The molecule has 0 aliphatic carbocycles. The van der Waals surface area contributed by atoms with Crippen LogP contribution in [0.15, 0.2) is 52.3 Å². The Bertz CT molecular complexity index is 855. The predicted molar refractivity (Wildman–Crippen MR) is 88.1 cm³/mol. The number of nitriles is 1. The number of nitrogens with zero attached hydrogens (tertiary/aromatic N) is 1. The Labute approximate surface area is 137 Å². The topological polar surface area (TPSA) is 63.2 Å². The van der Waals surface area contributed by atoms with Crippen molar-refractivity contribution in [3.63, 3.8) is 0 Å². The second kappa shape index (κ2) is 6.51. The Morgan fingerprint density at radius 2 is 2.09 bits per heavy atom. The molecule has 4 nitrogen and oxygen atoms in total. The monoisotopic (exact) mass is 323 g/mol. The Morgan fingerprint density at radius 3 is 2.70 bits per heavy atom. The molecule has 0 saturated heterocycles. The molecule has 0 atom stereocenters. The van der Waals surface area contributed by atoms with E-state index in [-0.39, 0.29) is 12.4 Å². The van der Waals surface area contributed by atoms with Gasteiger partial charge in [-0.2, -0.15) is 5.26 Å². The van der Waals surface area contributed by atoms with Gasteiger partial charge in [-0.15, -0.1) is 11.3 Å². The zero-order valence-corrected chi connectivity index (χ0v) is 13.2. The van der Waals surface area contributed by atoms with Crippen molar-refractivity contribution in [2.75, 3.05) is 6.61 Å². The molecule has 0 aliphatic rings. The molecule has 0 bridgehead atoms. The molecular formula is C18H13NO3S. The van der Waals surface area contributed by atoms with E-state index in [0.717, 1.165) is 10.4 Å². The normalized spacial score (nSPS) is 10.3. The fraction of sp³-hybridized carbons (Fsp3) is 0.111. The van der Waals surface area contributed by atoms with Gasteiger partial charge in [-0.25, -0.2) is 4.79 Å². The second-order valence-electron chi connectivity index (χ2n) is 4.74. The van der Waals surface area contributed by atoms with Gasteiger partial charge in [0, 0.05) is 5.56 Å². The molecule has 0 unspecified atom stereocenters. The summed E-state index contributed by atoms with van der Waals surface area (Å²) < 4.78 is 10.8. The average Bonchev–Trinajstić information content (AvgIpc) is 3.24. The highest BCUT2D eigenvalue weighted by Crippen LogP contribution is 2.35. The van der Waals surface area contributed by atoms with E-state index in [9.17, 15) is 4.79 Å². The summed E-state index contributed by atoms with van der Waals surface area (Å²) in [7, 11) is 0. The summed E-state index contributed by atoms with van der Waals surface area (Å²) in [6.45, 7) is 2.03. The second-order valence-corrected chi connectivity index (χ2v) is 5.69. The van der Waals surface area contributed by atoms with Crippen LogP contribution in [0.25, 0.3) is 21.8 Å². The molecule has 0 aliphatic heterocycles. The van der Waals surface area contributed by atoms with Gasteiger partial charge in [-0.1, -0.05) is 18.2 Å². The van der Waals surface area contributed by atoms with E-state index >= 15 is 0 Å². The number of benzene rings is 1. The van der Waals surface area contributed by atoms with E-state index in [1.54, 1.807) is 31.2 Å². The minimum absolute atomic E-state index is 0.181. The van der Waals surface area contributed by atoms with E-state index < -0.39 is 5.97 Å². The van der Waals surface area contributed by atoms with Crippen LogP contribution in [-0.2, 0) is 4.74 Å². The number of thiophene rings is 1. The highest BCUT2D eigenvalue weighted by molar-refractivity contribution is 7.13. The maximum Gasteiger partial charge on any atom is 0.374 e. The molecule has 3 aromatic rings. The minimum atomic E-state index is -0.491. The lowest BCUT2D eigenvalue weighted by molar-refractivity contribution is 0.0492. The van der Waals surface area contributed by atoms with Gasteiger partial charge in [-0.05, 0) is 42.1 Å². The molecule has 0 radical (unpaired) electrons. The van der Waals surface area contributed by atoms with Crippen molar-refractivity contribution < 1.29 is 13.9 Å². The third-order valence-corrected chi connectivity index (χ3v) is 4.17. The van der Waals surface area contributed by atoms with E-state index in [4.69, 9.17) is 14.4 Å². The Balaban J connectivity index is 2.09. The van der Waals surface area contributed by atoms with Crippen molar-refractivity contribution >= 4 is 17.3 Å². The molecule has 5 heteroatoms. The number of hydrogen-bond acceptors (Lipinski definition) is 5. The van der Waals surface area contributed by atoms with Gasteiger partial charge in [0.1, 0.15) is 5.76 Å². The van der Waals surface area contributed by atoms with Crippen LogP contribution in [0.2, 0.25) is 0 Å². The molecule has 3 rings (SSSR count). The summed E-state index contributed by atoms with van der Waals surface area (Å²) in [5, 5.41) is 10.8. The molecule has 0 N–H and O–H groups in total. The smallest absolute Gasteiger partial charge is 0.374 e. The predicted octanol–water partition coefficient (Wildman–Crippen LogP) is 4.72. The molecule has 0 saturated carbocycles. The van der Waals surface area contributed by atoms with Crippen LogP contribution in [0.1, 0.15) is 23.0 Å². The van der Waals surface area contributed by atoms with Crippen molar-refractivity contribution in [1.82, 2.24) is 0 Å². The van der Waals surface area contributed by atoms with Crippen LogP contribution in [-0.4, -0.2) is 12.6 Å². The first kappa shape index (κ1) is 15.1. The SMILES string of the molecule is CCOC(=O)c1oc(-c2cccs2)cc1-c1ccc(C#N)cc1. The Hall–Kier alpha value is -2.84. The molecule has 2 heterocycles. The van der Waals surface area contributed by atoms with E-state index in [2.05, 4.69) is 6.07 Å². The van der Waals surface area contributed by atoms with Gasteiger partial charge in [0.05, 0.1) is 23.1 Å². The Morgan fingerprint density at radius 1 is 1.30 bits per heavy atom. The average molecular weight is 323 g/mol. The van der Waals surface area contributed by atoms with Crippen LogP contribution in [0, 0.1) is 11.3 Å². The van der Waals surface area contributed by atoms with Gasteiger partial charge in [0.15, 0.2) is 0 Å². The van der Waals surface area contributed by atoms with E-state index in [1.165, 1.54) is 11.3 Å². The Kier molecular flexibility index (Phi) is 4.26. The van der Waals surface area contributed by atoms with Crippen molar-refractivity contribution in [3.05, 3.63) is 59.2 Å². The quantitative estimate of drug-likeness (QED) is 0.651. The van der Waals surface area contributed by atoms with Crippen LogP contribution in [0.5, 0.6) is 0 Å². The maximum absolute atomic E-state index is 12.2. The van der Waals surface area contributed by atoms with Gasteiger partial charge in [0.25, 0.3) is 0 Å². The molecular weight excluding hydrogens is 310 g/mol. The van der Waals surface area contributed by atoms with Crippen LogP contribution < -0.4 is 0 Å². The van der Waals surface area contributed by atoms with Crippen molar-refractivity contribution in [3.8, 4) is 27.8 Å². The first-order valence-electron chi connectivity index (χ1n) is 7.08. The summed E-state index contributed by atoms with van der Waals surface area (Å²) in [5.41, 5.74) is 2.03. The first-order valence-corrected chi connectivity index (χ1v) is 7.96. The first-order chi connectivity index (χ1) is 11.2. The molecule has 23 heavy (non-hydrogen) atoms. The zero-order valence-electron chi connectivity index (χ0n) is 12.4. The van der Waals surface area contributed by atoms with Crippen molar-refractivity contribution in [2.24, 2.45) is 0 Å². The third-order valence-electron chi connectivity index (χ3n) is 3.28. The lowest BCUT2D eigenvalue weighted by atomic mass is 10.0. The number of hydrogen-bond donors (Lipinski definition) is 0. The highest BCUT2D eigenvalue weighted by Gasteiger charge is 2.21. The van der Waals surface area contributed by atoms with E-state index in [0.29, 0.717) is 16.9 Å². The van der Waals surface area contributed by atoms with Gasteiger partial charge < -0.3 is 9.15 Å². The summed E-state index contributed by atoms with van der Waals surface area (Å²) >= 11 is 1.54. The van der Waals surface area contributed by atoms with Gasteiger partial charge >= 0.3 is 5.97 Å². The lowest BCUT2D eigenvalue weighted by Gasteiger charge is -2.02. The van der Waals surface area contributed by atoms with Crippen LogP contribution in [0.4, 0.5) is 0 Å². The third kappa shape index (κ3) is 3.03. The molecule has 0 spiro atoms. The van der Waals surface area contributed by atoms with Crippen LogP contribution >= 0.6 is 11.3 Å². The number of rotatable bonds is 4. The highest BCUT2D eigenvalue weighted by atomic mass is 32.1. The van der Waals surface area contributed by atoms with Crippen molar-refractivity contribution in [1.29, 1.82) is 5.26 Å². The zero-order chi connectivity index (χ0) is 16.2. The number of furan rings is 1. The summed E-state index contributed by atoms with van der Waals surface area (Å²) in [5.74, 6) is 0.317. The summed E-state index contributed by atoms with van der Waals surface area (Å²) in [4.78, 5) is 13.1. The van der Waals surface area contributed by atoms with Crippen LogP contribution in [0.3, 0.4) is 0 Å². The standard InChI is InChI=1S/C18H13NO3S/c1-2-21-18(20)17-14(13-7-5-12(11-19)6-8-13)10-15(22-17)16-4-3-9-23-16/h3-10H,2H2,1H3. The largest absolute Gasteiger partial charge is 0.460 e. The van der Waals surface area contributed by atoms with E-state index in [1.807, 2.05) is 23.6 Å². The molecule has 2 aromatic heterocycles. The molecule has 0 amide bonds. The number of esters is 1. The summed E-state index contributed by atoms with van der Waals surface area (Å²) in [6, 6.07) is 14.8. The number of carbonyl (C=O) groups excluding carboxylic acids is 1. The fourth-order valence-corrected chi connectivity index (χ4v) is 2.90. The molecule has 0 fully saturated rings. The van der Waals surface area contributed by atoms with Gasteiger partial charge in [-0.3, -0.25) is 0 Å². The molecule has 1 aromatic carbocycles. The van der Waals surface area contributed by atoms with Gasteiger partial charge in [0.2, 0.25) is 5.76 Å². The fourth-order valence-electron chi connectivity index (χ4n) is 2.22. The minimum Gasteiger partial charge on any atom is -0.460 e. The molecule has 114 valence electrons. The lowest BCUT2D eigenvalue weighted by Crippen LogP contribution is -2.04. The van der Waals surface area contributed by atoms with Crippen molar-refractivity contribution in [2.45, 2.75) is 6.92 Å². The maximum atomic E-state index is 12.2.